The first-order chi connectivity index (χ1) is 16.1. The van der Waals surface area contributed by atoms with Crippen molar-refractivity contribution in [2.75, 3.05) is 26.3 Å². The highest BCUT2D eigenvalue weighted by Crippen LogP contribution is 2.34. The Kier molecular flexibility index (Phi) is 6.15. The van der Waals surface area contributed by atoms with E-state index >= 15 is 0 Å². The van der Waals surface area contributed by atoms with E-state index in [4.69, 9.17) is 13.9 Å². The summed E-state index contributed by atoms with van der Waals surface area (Å²) < 4.78 is 17.3. The lowest BCUT2D eigenvalue weighted by Crippen LogP contribution is -2.46. The summed E-state index contributed by atoms with van der Waals surface area (Å²) in [5.41, 5.74) is 1.29. The van der Waals surface area contributed by atoms with Crippen molar-refractivity contribution in [3.05, 3.63) is 53.0 Å². The molecular weight excluding hydrogens is 426 g/mol. The van der Waals surface area contributed by atoms with Gasteiger partial charge in [-0.05, 0) is 37.1 Å². The second-order valence-electron chi connectivity index (χ2n) is 8.58. The molecule has 3 aliphatic rings. The topological polar surface area (TPSA) is 101 Å². The third kappa shape index (κ3) is 4.65. The summed E-state index contributed by atoms with van der Waals surface area (Å²) >= 11 is 0. The van der Waals surface area contributed by atoms with Gasteiger partial charge in [-0.2, -0.15) is 0 Å². The minimum absolute atomic E-state index is 0.212. The summed E-state index contributed by atoms with van der Waals surface area (Å²) in [6, 6.07) is 8.56. The molecule has 3 amide bonds. The van der Waals surface area contributed by atoms with E-state index in [1.165, 1.54) is 0 Å². The summed E-state index contributed by atoms with van der Waals surface area (Å²) in [6.45, 7) is 4.51. The molecule has 9 nitrogen and oxygen atoms in total. The van der Waals surface area contributed by atoms with Gasteiger partial charge in [0.1, 0.15) is 29.9 Å². The van der Waals surface area contributed by atoms with Gasteiger partial charge in [-0.1, -0.05) is 6.07 Å². The lowest BCUT2D eigenvalue weighted by atomic mass is 10.1. The molecule has 5 rings (SSSR count). The summed E-state index contributed by atoms with van der Waals surface area (Å²) in [5.74, 6) is 1.27. The van der Waals surface area contributed by atoms with Crippen molar-refractivity contribution < 1.29 is 28.3 Å². The number of amides is 3. The maximum Gasteiger partial charge on any atom is 0.255 e. The fourth-order valence-corrected chi connectivity index (χ4v) is 4.59. The van der Waals surface area contributed by atoms with Crippen molar-refractivity contribution in [2.45, 2.75) is 45.0 Å². The van der Waals surface area contributed by atoms with Gasteiger partial charge < -0.3 is 18.8 Å². The lowest BCUT2D eigenvalue weighted by Gasteiger charge is -2.25. The summed E-state index contributed by atoms with van der Waals surface area (Å²) in [6.07, 6.45) is 1.32. The van der Waals surface area contributed by atoms with Gasteiger partial charge >= 0.3 is 0 Å². The molecule has 0 aliphatic carbocycles. The first-order valence-electron chi connectivity index (χ1n) is 11.4. The van der Waals surface area contributed by atoms with Crippen molar-refractivity contribution in [1.29, 1.82) is 0 Å². The standard InChI is InChI=1S/C24H27N3O6/c28-22-6-2-4-20(23(29)25-22)27-14-19-18(24(27)30)3-1-5-21(19)32-15-17-8-7-16(33-17)13-26-9-11-31-12-10-26/h1,3,5,7-8,20H,2,4,6,9-15H2,(H,25,28,29)/t20-/m0/s1. The van der Waals surface area contributed by atoms with Crippen molar-refractivity contribution in [3.63, 3.8) is 0 Å². The second-order valence-corrected chi connectivity index (χ2v) is 8.58. The average molecular weight is 453 g/mol. The molecule has 0 spiro atoms. The molecule has 0 saturated carbocycles. The molecule has 2 fully saturated rings. The molecule has 2 saturated heterocycles. The minimum atomic E-state index is -0.656. The van der Waals surface area contributed by atoms with Gasteiger partial charge in [0, 0.05) is 30.6 Å². The number of carbonyl (C=O) groups is 3. The van der Waals surface area contributed by atoms with Crippen LogP contribution >= 0.6 is 0 Å². The molecule has 33 heavy (non-hydrogen) atoms. The Balaban J connectivity index is 1.25. The number of fused-ring (bicyclic) bond motifs is 1. The number of hydrogen-bond donors (Lipinski definition) is 1. The van der Waals surface area contributed by atoms with Crippen molar-refractivity contribution in [1.82, 2.24) is 15.1 Å². The van der Waals surface area contributed by atoms with Crippen LogP contribution in [0.15, 0.2) is 34.7 Å². The SMILES string of the molecule is O=C1CCC[C@H](N2Cc3c(OCc4ccc(CN5CCOCC5)o4)cccc3C2=O)C(=O)N1. The molecule has 2 aromatic rings. The predicted molar refractivity (Wildman–Crippen MR) is 116 cm³/mol. The highest BCUT2D eigenvalue weighted by molar-refractivity contribution is 6.04. The number of morpholine rings is 1. The molecule has 174 valence electrons. The Morgan fingerprint density at radius 1 is 1.06 bits per heavy atom. The highest BCUT2D eigenvalue weighted by Gasteiger charge is 2.39. The molecule has 9 heteroatoms. The molecular formula is C24H27N3O6. The molecule has 4 heterocycles. The largest absolute Gasteiger partial charge is 0.485 e. The van der Waals surface area contributed by atoms with Crippen LogP contribution < -0.4 is 10.1 Å². The number of hydrogen-bond acceptors (Lipinski definition) is 7. The predicted octanol–water partition coefficient (Wildman–Crippen LogP) is 1.84. The Bertz CT molecular complexity index is 1060. The Labute approximate surface area is 191 Å². The molecule has 3 aliphatic heterocycles. The monoisotopic (exact) mass is 453 g/mol. The number of imide groups is 1. The van der Waals surface area contributed by atoms with Gasteiger partial charge in [-0.25, -0.2) is 0 Å². The van der Waals surface area contributed by atoms with E-state index < -0.39 is 11.9 Å². The maximum absolute atomic E-state index is 13.0. The van der Waals surface area contributed by atoms with Gasteiger partial charge in [-0.15, -0.1) is 0 Å². The molecule has 1 aromatic carbocycles. The van der Waals surface area contributed by atoms with Crippen molar-refractivity contribution in [2.24, 2.45) is 0 Å². The Hall–Kier alpha value is -3.17. The number of benzene rings is 1. The summed E-state index contributed by atoms with van der Waals surface area (Å²) in [7, 11) is 0. The first-order valence-corrected chi connectivity index (χ1v) is 11.4. The molecule has 1 aromatic heterocycles. The number of rotatable bonds is 6. The Morgan fingerprint density at radius 2 is 1.88 bits per heavy atom. The van der Waals surface area contributed by atoms with Gasteiger partial charge in [0.15, 0.2) is 0 Å². The fraction of sp³-hybridized carbons (Fsp3) is 0.458. The van der Waals surface area contributed by atoms with Crippen LogP contribution in [0.2, 0.25) is 0 Å². The minimum Gasteiger partial charge on any atom is -0.485 e. The van der Waals surface area contributed by atoms with Crippen LogP contribution in [0.5, 0.6) is 5.75 Å². The maximum atomic E-state index is 13.0. The first kappa shape index (κ1) is 21.7. The van der Waals surface area contributed by atoms with Gasteiger partial charge in [0.2, 0.25) is 11.8 Å². The number of ether oxygens (including phenoxy) is 2. The summed E-state index contributed by atoms with van der Waals surface area (Å²) in [4.78, 5) is 41.0. The van der Waals surface area contributed by atoms with E-state index in [1.807, 2.05) is 18.2 Å². The van der Waals surface area contributed by atoms with Crippen LogP contribution in [0.3, 0.4) is 0 Å². The van der Waals surface area contributed by atoms with Crippen LogP contribution in [0.1, 0.15) is 46.7 Å². The molecule has 0 radical (unpaired) electrons. The lowest BCUT2D eigenvalue weighted by molar-refractivity contribution is -0.132. The van der Waals surface area contributed by atoms with Crippen molar-refractivity contribution >= 4 is 17.7 Å². The van der Waals surface area contributed by atoms with E-state index in [0.717, 1.165) is 44.2 Å². The van der Waals surface area contributed by atoms with E-state index in [0.29, 0.717) is 36.3 Å². The number of nitrogens with zero attached hydrogens (tertiary/aromatic N) is 2. The van der Waals surface area contributed by atoms with Gasteiger partial charge in [0.25, 0.3) is 5.91 Å². The van der Waals surface area contributed by atoms with Gasteiger partial charge in [-0.3, -0.25) is 24.6 Å². The average Bonchev–Trinajstić information content (AvgIpc) is 3.35. The number of carbonyl (C=O) groups excluding carboxylic acids is 3. The third-order valence-electron chi connectivity index (χ3n) is 6.35. The zero-order valence-corrected chi connectivity index (χ0v) is 18.4. The van der Waals surface area contributed by atoms with Crippen LogP contribution in [0.4, 0.5) is 0 Å². The third-order valence-corrected chi connectivity index (χ3v) is 6.35. The fourth-order valence-electron chi connectivity index (χ4n) is 4.59. The molecule has 0 bridgehead atoms. The van der Waals surface area contributed by atoms with Crippen LogP contribution in [-0.4, -0.2) is 59.9 Å². The number of furan rings is 1. The highest BCUT2D eigenvalue weighted by atomic mass is 16.5. The molecule has 0 unspecified atom stereocenters. The summed E-state index contributed by atoms with van der Waals surface area (Å²) in [5, 5.41) is 2.38. The quantitative estimate of drug-likeness (QED) is 0.666. The van der Waals surface area contributed by atoms with Gasteiger partial charge in [0.05, 0.1) is 26.3 Å². The van der Waals surface area contributed by atoms with Crippen molar-refractivity contribution in [3.8, 4) is 5.75 Å². The molecule has 1 atom stereocenters. The normalized spacial score (nSPS) is 21.6. The zero-order chi connectivity index (χ0) is 22.8. The zero-order valence-electron chi connectivity index (χ0n) is 18.4. The van der Waals surface area contributed by atoms with Crippen LogP contribution in [0.25, 0.3) is 0 Å². The van der Waals surface area contributed by atoms with E-state index in [1.54, 1.807) is 17.0 Å². The van der Waals surface area contributed by atoms with Crippen LogP contribution in [-0.2, 0) is 34.0 Å². The van der Waals surface area contributed by atoms with Crippen LogP contribution in [0, 0.1) is 0 Å². The smallest absolute Gasteiger partial charge is 0.255 e. The molecule has 1 N–H and O–H groups in total. The Morgan fingerprint density at radius 3 is 2.73 bits per heavy atom. The van der Waals surface area contributed by atoms with E-state index in [-0.39, 0.29) is 25.0 Å². The van der Waals surface area contributed by atoms with E-state index in [9.17, 15) is 14.4 Å². The van der Waals surface area contributed by atoms with E-state index in [2.05, 4.69) is 10.2 Å². The number of nitrogens with one attached hydrogen (secondary N) is 1. The second kappa shape index (κ2) is 9.36.